The van der Waals surface area contributed by atoms with Gasteiger partial charge in [-0.05, 0) is 31.9 Å². The maximum Gasteiger partial charge on any atom is 0.107 e. The predicted molar refractivity (Wildman–Crippen MR) is 83.6 cm³/mol. The van der Waals surface area contributed by atoms with Crippen LogP contribution in [0.3, 0.4) is 0 Å². The lowest BCUT2D eigenvalue weighted by atomic mass is 10.0. The first-order valence-corrected chi connectivity index (χ1v) is 7.67. The van der Waals surface area contributed by atoms with Gasteiger partial charge in [0.05, 0.1) is 5.69 Å². The molecule has 0 unspecified atom stereocenters. The van der Waals surface area contributed by atoms with E-state index >= 15 is 0 Å². The van der Waals surface area contributed by atoms with E-state index in [0.29, 0.717) is 5.92 Å². The van der Waals surface area contributed by atoms with Crippen LogP contribution in [0.5, 0.6) is 0 Å². The summed E-state index contributed by atoms with van der Waals surface area (Å²) in [4.78, 5) is 4.72. The van der Waals surface area contributed by atoms with Crippen LogP contribution in [0.1, 0.15) is 30.0 Å². The Morgan fingerprint density at radius 2 is 2.05 bits per heavy atom. The molecule has 2 rings (SSSR count). The van der Waals surface area contributed by atoms with Crippen molar-refractivity contribution in [3.63, 3.8) is 0 Å². The van der Waals surface area contributed by atoms with Crippen LogP contribution in [0.4, 0.5) is 0 Å². The zero-order valence-corrected chi connectivity index (χ0v) is 13.0. The summed E-state index contributed by atoms with van der Waals surface area (Å²) in [5.74, 6) is 0.679. The summed E-state index contributed by atoms with van der Waals surface area (Å²) in [6, 6.07) is 6.54. The van der Waals surface area contributed by atoms with E-state index in [-0.39, 0.29) is 0 Å². The fourth-order valence-corrected chi connectivity index (χ4v) is 2.85. The van der Waals surface area contributed by atoms with Crippen LogP contribution < -0.4 is 5.32 Å². The molecule has 0 radical (unpaired) electrons. The molecule has 0 saturated carbocycles. The fraction of sp³-hybridized carbons (Fsp3) is 0.438. The standard InChI is InChI=1S/C16H22N2S/c1-11(2)8-17-9-16-18-15(10-19-16)14-6-5-12(3)7-13(14)4/h5-7,10-11,17H,8-9H2,1-4H3. The third kappa shape index (κ3) is 3.88. The predicted octanol–water partition coefficient (Wildman–Crippen LogP) is 4.17. The van der Waals surface area contributed by atoms with Gasteiger partial charge in [0, 0.05) is 17.5 Å². The monoisotopic (exact) mass is 274 g/mol. The summed E-state index contributed by atoms with van der Waals surface area (Å²) in [7, 11) is 0. The highest BCUT2D eigenvalue weighted by Gasteiger charge is 2.07. The molecule has 1 aromatic heterocycles. The molecule has 1 heterocycles. The van der Waals surface area contributed by atoms with Gasteiger partial charge in [0.1, 0.15) is 5.01 Å². The Balaban J connectivity index is 2.08. The first kappa shape index (κ1) is 14.2. The second-order valence-corrected chi connectivity index (χ2v) is 6.41. The van der Waals surface area contributed by atoms with Crippen LogP contribution in [0.2, 0.25) is 0 Å². The van der Waals surface area contributed by atoms with Crippen molar-refractivity contribution in [1.29, 1.82) is 0 Å². The molecule has 0 saturated heterocycles. The highest BCUT2D eigenvalue weighted by molar-refractivity contribution is 7.09. The number of thiazole rings is 1. The molecule has 2 aromatic rings. The molecule has 0 atom stereocenters. The Labute approximate surface area is 119 Å². The number of nitrogens with one attached hydrogen (secondary N) is 1. The van der Waals surface area contributed by atoms with E-state index in [9.17, 15) is 0 Å². The average Bonchev–Trinajstić information content (AvgIpc) is 2.77. The third-order valence-corrected chi connectivity index (χ3v) is 3.89. The minimum atomic E-state index is 0.679. The SMILES string of the molecule is Cc1ccc(-c2csc(CNCC(C)C)n2)c(C)c1. The number of rotatable bonds is 5. The summed E-state index contributed by atoms with van der Waals surface area (Å²) in [6.07, 6.45) is 0. The van der Waals surface area contributed by atoms with E-state index in [4.69, 9.17) is 4.98 Å². The Hall–Kier alpha value is -1.19. The Morgan fingerprint density at radius 3 is 2.74 bits per heavy atom. The van der Waals surface area contributed by atoms with Crippen molar-refractivity contribution in [3.05, 3.63) is 39.7 Å². The van der Waals surface area contributed by atoms with Crippen molar-refractivity contribution in [2.75, 3.05) is 6.54 Å². The van der Waals surface area contributed by atoms with Gasteiger partial charge in [-0.2, -0.15) is 0 Å². The number of aromatic nitrogens is 1. The average molecular weight is 274 g/mol. The molecule has 1 N–H and O–H groups in total. The number of nitrogens with zero attached hydrogens (tertiary/aromatic N) is 1. The van der Waals surface area contributed by atoms with Gasteiger partial charge in [-0.25, -0.2) is 4.98 Å². The van der Waals surface area contributed by atoms with E-state index in [1.807, 2.05) is 0 Å². The van der Waals surface area contributed by atoms with Gasteiger partial charge < -0.3 is 5.32 Å². The van der Waals surface area contributed by atoms with Gasteiger partial charge in [-0.3, -0.25) is 0 Å². The topological polar surface area (TPSA) is 24.9 Å². The fourth-order valence-electron chi connectivity index (χ4n) is 2.08. The van der Waals surface area contributed by atoms with Crippen LogP contribution >= 0.6 is 11.3 Å². The summed E-state index contributed by atoms with van der Waals surface area (Å²) in [6.45, 7) is 10.6. The van der Waals surface area contributed by atoms with Crippen LogP contribution in [0.15, 0.2) is 23.6 Å². The molecular formula is C16H22N2S. The van der Waals surface area contributed by atoms with Gasteiger partial charge in [0.2, 0.25) is 0 Å². The van der Waals surface area contributed by atoms with E-state index in [1.165, 1.54) is 16.7 Å². The number of aryl methyl sites for hydroxylation is 2. The van der Waals surface area contributed by atoms with Crippen molar-refractivity contribution in [2.24, 2.45) is 5.92 Å². The summed E-state index contributed by atoms with van der Waals surface area (Å²) in [5.41, 5.74) is 4.95. The van der Waals surface area contributed by atoms with Crippen LogP contribution in [-0.4, -0.2) is 11.5 Å². The smallest absolute Gasteiger partial charge is 0.107 e. The minimum absolute atomic E-state index is 0.679. The van der Waals surface area contributed by atoms with Gasteiger partial charge in [0.25, 0.3) is 0 Å². The van der Waals surface area contributed by atoms with Crippen molar-refractivity contribution in [2.45, 2.75) is 34.2 Å². The lowest BCUT2D eigenvalue weighted by molar-refractivity contribution is 0.551. The minimum Gasteiger partial charge on any atom is -0.310 e. The van der Waals surface area contributed by atoms with Crippen molar-refractivity contribution >= 4 is 11.3 Å². The number of benzene rings is 1. The van der Waals surface area contributed by atoms with E-state index < -0.39 is 0 Å². The quantitative estimate of drug-likeness (QED) is 0.885. The van der Waals surface area contributed by atoms with Gasteiger partial charge >= 0.3 is 0 Å². The van der Waals surface area contributed by atoms with Crippen LogP contribution in [0, 0.1) is 19.8 Å². The summed E-state index contributed by atoms with van der Waals surface area (Å²) >= 11 is 1.74. The molecule has 1 aromatic carbocycles. The molecule has 0 fully saturated rings. The van der Waals surface area contributed by atoms with Gasteiger partial charge in [0.15, 0.2) is 0 Å². The maximum atomic E-state index is 4.72. The molecule has 19 heavy (non-hydrogen) atoms. The largest absolute Gasteiger partial charge is 0.310 e. The molecule has 2 nitrogen and oxygen atoms in total. The van der Waals surface area contributed by atoms with Crippen LogP contribution in [0.25, 0.3) is 11.3 Å². The molecule has 0 aliphatic heterocycles. The van der Waals surface area contributed by atoms with Crippen molar-refractivity contribution < 1.29 is 0 Å². The normalized spacial score (nSPS) is 11.2. The molecule has 0 amide bonds. The molecule has 102 valence electrons. The number of hydrogen-bond acceptors (Lipinski definition) is 3. The molecule has 3 heteroatoms. The lowest BCUT2D eigenvalue weighted by Gasteiger charge is -2.05. The Kier molecular flexibility index (Phi) is 4.72. The van der Waals surface area contributed by atoms with Crippen molar-refractivity contribution in [3.8, 4) is 11.3 Å². The Bertz CT molecular complexity index is 543. The lowest BCUT2D eigenvalue weighted by Crippen LogP contribution is -2.18. The molecule has 0 bridgehead atoms. The molecule has 0 aliphatic carbocycles. The first-order valence-electron chi connectivity index (χ1n) is 6.79. The Morgan fingerprint density at radius 1 is 1.26 bits per heavy atom. The maximum absolute atomic E-state index is 4.72. The summed E-state index contributed by atoms with van der Waals surface area (Å²) < 4.78 is 0. The second-order valence-electron chi connectivity index (χ2n) is 5.47. The molecule has 0 spiro atoms. The second kappa shape index (κ2) is 6.31. The summed E-state index contributed by atoms with van der Waals surface area (Å²) in [5, 5.41) is 6.76. The van der Waals surface area contributed by atoms with Crippen molar-refractivity contribution in [1.82, 2.24) is 10.3 Å². The molecular weight excluding hydrogens is 252 g/mol. The van der Waals surface area contributed by atoms with E-state index in [1.54, 1.807) is 11.3 Å². The van der Waals surface area contributed by atoms with E-state index in [0.717, 1.165) is 23.8 Å². The molecule has 0 aliphatic rings. The van der Waals surface area contributed by atoms with Crippen LogP contribution in [-0.2, 0) is 6.54 Å². The number of hydrogen-bond donors (Lipinski definition) is 1. The third-order valence-electron chi connectivity index (χ3n) is 3.04. The van der Waals surface area contributed by atoms with E-state index in [2.05, 4.69) is 56.6 Å². The van der Waals surface area contributed by atoms with Gasteiger partial charge in [-0.15, -0.1) is 11.3 Å². The first-order chi connectivity index (χ1) is 9.06. The zero-order valence-electron chi connectivity index (χ0n) is 12.2. The highest BCUT2D eigenvalue weighted by Crippen LogP contribution is 2.25. The van der Waals surface area contributed by atoms with Gasteiger partial charge in [-0.1, -0.05) is 37.6 Å². The zero-order chi connectivity index (χ0) is 13.8. The highest BCUT2D eigenvalue weighted by atomic mass is 32.1.